The number of amides is 2. The first kappa shape index (κ1) is 25.3. The van der Waals surface area contributed by atoms with Gasteiger partial charge in [0.15, 0.2) is 4.80 Å². The summed E-state index contributed by atoms with van der Waals surface area (Å²) in [5.41, 5.74) is -0.349. The van der Waals surface area contributed by atoms with E-state index in [1.807, 2.05) is 31.5 Å². The van der Waals surface area contributed by atoms with Crippen LogP contribution in [-0.2, 0) is 16.7 Å². The van der Waals surface area contributed by atoms with E-state index >= 15 is 0 Å². The fraction of sp³-hybridized carbons (Fsp3) is 0.542. The van der Waals surface area contributed by atoms with Crippen molar-refractivity contribution in [1.82, 2.24) is 9.47 Å². The number of thiazole rings is 1. The highest BCUT2D eigenvalue weighted by atomic mass is 35.5. The third-order valence-electron chi connectivity index (χ3n) is 5.23. The highest BCUT2D eigenvalue weighted by Gasteiger charge is 2.36. The zero-order chi connectivity index (χ0) is 24.6. The highest BCUT2D eigenvalue weighted by molar-refractivity contribution is 7.09. The lowest BCUT2D eigenvalue weighted by Gasteiger charge is -2.41. The lowest BCUT2D eigenvalue weighted by molar-refractivity contribution is -0.00840. The molecule has 33 heavy (non-hydrogen) atoms. The van der Waals surface area contributed by atoms with Gasteiger partial charge in [-0.15, -0.1) is 11.3 Å². The molecular weight excluding hydrogens is 462 g/mol. The maximum absolute atomic E-state index is 13.1. The van der Waals surface area contributed by atoms with Gasteiger partial charge in [0.2, 0.25) is 0 Å². The van der Waals surface area contributed by atoms with Crippen LogP contribution in [-0.4, -0.2) is 46.8 Å². The van der Waals surface area contributed by atoms with Crippen LogP contribution in [0.15, 0.2) is 29.4 Å². The summed E-state index contributed by atoms with van der Waals surface area (Å²) < 4.78 is 12.8. The minimum absolute atomic E-state index is 0.0166. The largest absolute Gasteiger partial charge is 0.496 e. The Morgan fingerprint density at radius 3 is 2.45 bits per heavy atom. The first-order valence-electron chi connectivity index (χ1n) is 10.9. The summed E-state index contributed by atoms with van der Waals surface area (Å²) in [6.07, 6.45) is 2.57. The van der Waals surface area contributed by atoms with Crippen LogP contribution in [0.25, 0.3) is 0 Å². The number of likely N-dealkylation sites (tertiary alicyclic amines) is 1. The fourth-order valence-corrected chi connectivity index (χ4v) is 4.59. The van der Waals surface area contributed by atoms with Crippen molar-refractivity contribution in [3.05, 3.63) is 44.7 Å². The van der Waals surface area contributed by atoms with Gasteiger partial charge in [0.1, 0.15) is 11.4 Å². The highest BCUT2D eigenvalue weighted by Crippen LogP contribution is 2.27. The molecule has 0 saturated carbocycles. The van der Waals surface area contributed by atoms with Crippen molar-refractivity contribution in [2.24, 2.45) is 4.99 Å². The Morgan fingerprint density at radius 1 is 1.21 bits per heavy atom. The number of hydrogen-bond donors (Lipinski definition) is 0. The number of hydrogen-bond acceptors (Lipinski definition) is 5. The van der Waals surface area contributed by atoms with Crippen molar-refractivity contribution in [3.63, 3.8) is 0 Å². The molecule has 2 heterocycles. The Balaban J connectivity index is 1.94. The summed E-state index contributed by atoms with van der Waals surface area (Å²) in [6, 6.07) is 4.87. The van der Waals surface area contributed by atoms with Gasteiger partial charge in [0.05, 0.1) is 18.7 Å². The molecule has 1 aromatic carbocycles. The maximum Gasteiger partial charge on any atom is 0.410 e. The van der Waals surface area contributed by atoms with Crippen LogP contribution in [0.2, 0.25) is 5.02 Å². The number of aromatic nitrogens is 1. The molecule has 7 nitrogen and oxygen atoms in total. The summed E-state index contributed by atoms with van der Waals surface area (Å²) in [5.74, 6) is -0.00888. The summed E-state index contributed by atoms with van der Waals surface area (Å²) in [7, 11) is 1.50. The topological polar surface area (TPSA) is 73.1 Å². The van der Waals surface area contributed by atoms with E-state index in [1.165, 1.54) is 18.4 Å². The summed E-state index contributed by atoms with van der Waals surface area (Å²) >= 11 is 7.57. The smallest absolute Gasteiger partial charge is 0.410 e. The lowest BCUT2D eigenvalue weighted by atomic mass is 9.95. The van der Waals surface area contributed by atoms with E-state index in [9.17, 15) is 9.59 Å². The van der Waals surface area contributed by atoms with Crippen LogP contribution in [0.5, 0.6) is 5.75 Å². The molecule has 0 radical (unpaired) electrons. The molecule has 0 aliphatic carbocycles. The van der Waals surface area contributed by atoms with Crippen LogP contribution >= 0.6 is 22.9 Å². The molecule has 0 spiro atoms. The molecule has 2 amide bonds. The van der Waals surface area contributed by atoms with Gasteiger partial charge in [0.25, 0.3) is 5.91 Å². The van der Waals surface area contributed by atoms with Gasteiger partial charge < -0.3 is 18.9 Å². The summed E-state index contributed by atoms with van der Waals surface area (Å²) in [4.78, 5) is 33.4. The van der Waals surface area contributed by atoms with Crippen molar-refractivity contribution in [2.45, 2.75) is 71.6 Å². The van der Waals surface area contributed by atoms with Crippen LogP contribution in [0.4, 0.5) is 4.79 Å². The Kier molecular flexibility index (Phi) is 7.29. The normalized spacial score (nSPS) is 17.0. The molecule has 1 aliphatic heterocycles. The maximum atomic E-state index is 13.1. The number of ether oxygens (including phenoxy) is 2. The summed E-state index contributed by atoms with van der Waals surface area (Å²) in [6.45, 7) is 13.1. The first-order chi connectivity index (χ1) is 15.3. The summed E-state index contributed by atoms with van der Waals surface area (Å²) in [5, 5.41) is 0.436. The van der Waals surface area contributed by atoms with Gasteiger partial charge in [-0.3, -0.25) is 4.79 Å². The molecule has 1 atom stereocenters. The molecule has 1 aromatic heterocycles. The van der Waals surface area contributed by atoms with Crippen molar-refractivity contribution in [2.75, 3.05) is 13.7 Å². The number of carbonyl (C=O) groups is 2. The molecule has 9 heteroatoms. The average molecular weight is 494 g/mol. The van der Waals surface area contributed by atoms with E-state index in [0.717, 1.165) is 11.3 Å². The predicted molar refractivity (Wildman–Crippen MR) is 130 cm³/mol. The van der Waals surface area contributed by atoms with E-state index in [4.69, 9.17) is 21.1 Å². The number of halogens is 1. The van der Waals surface area contributed by atoms with Crippen molar-refractivity contribution in [1.29, 1.82) is 0 Å². The SMILES string of the molecule is COc1ccc(Cl)cc1C(=O)N=c1sc(C(C)(C)C)cn1C[C@@H]1CCN1C(=O)OC(C)(C)C. The van der Waals surface area contributed by atoms with Gasteiger partial charge in [-0.25, -0.2) is 4.79 Å². The van der Waals surface area contributed by atoms with Crippen LogP contribution < -0.4 is 9.54 Å². The van der Waals surface area contributed by atoms with E-state index in [-0.39, 0.29) is 17.6 Å². The van der Waals surface area contributed by atoms with Gasteiger partial charge in [-0.2, -0.15) is 4.99 Å². The second-order valence-corrected chi connectivity index (χ2v) is 11.6. The Morgan fingerprint density at radius 2 is 1.91 bits per heavy atom. The molecule has 1 fully saturated rings. The van der Waals surface area contributed by atoms with E-state index in [1.54, 1.807) is 23.1 Å². The van der Waals surface area contributed by atoms with Gasteiger partial charge >= 0.3 is 6.09 Å². The minimum Gasteiger partial charge on any atom is -0.496 e. The zero-order valence-electron chi connectivity index (χ0n) is 20.3. The second kappa shape index (κ2) is 9.50. The monoisotopic (exact) mass is 493 g/mol. The molecule has 0 unspecified atom stereocenters. The van der Waals surface area contributed by atoms with Gasteiger partial charge in [0, 0.05) is 29.2 Å². The van der Waals surface area contributed by atoms with E-state index < -0.39 is 11.5 Å². The molecule has 180 valence electrons. The Bertz CT molecular complexity index is 1110. The number of benzene rings is 1. The van der Waals surface area contributed by atoms with Gasteiger partial charge in [-0.1, -0.05) is 32.4 Å². The third kappa shape index (κ3) is 6.18. The quantitative estimate of drug-likeness (QED) is 0.582. The third-order valence-corrected chi connectivity index (χ3v) is 6.91. The lowest BCUT2D eigenvalue weighted by Crippen LogP contribution is -2.54. The molecule has 3 rings (SSSR count). The number of methoxy groups -OCH3 is 1. The number of rotatable bonds is 4. The molecule has 2 aromatic rings. The average Bonchev–Trinajstić information content (AvgIpc) is 3.06. The molecule has 0 bridgehead atoms. The Hall–Kier alpha value is -2.32. The zero-order valence-corrected chi connectivity index (χ0v) is 21.8. The molecule has 0 N–H and O–H groups in total. The van der Waals surface area contributed by atoms with Crippen LogP contribution in [0.3, 0.4) is 0 Å². The minimum atomic E-state index is -0.547. The first-order valence-corrected chi connectivity index (χ1v) is 12.1. The van der Waals surface area contributed by atoms with Crippen molar-refractivity contribution in [3.8, 4) is 5.75 Å². The van der Waals surface area contributed by atoms with Crippen molar-refractivity contribution < 1.29 is 19.1 Å². The van der Waals surface area contributed by atoms with E-state index in [0.29, 0.717) is 34.2 Å². The molecule has 1 saturated heterocycles. The Labute approximate surface area is 204 Å². The number of nitrogens with zero attached hydrogens (tertiary/aromatic N) is 3. The number of carbonyl (C=O) groups excluding carboxylic acids is 2. The standard InChI is InChI=1S/C24H32ClN3O4S/c1-23(2,3)19-14-27(13-16-10-11-28(16)22(30)32-24(4,5)6)21(33-19)26-20(29)17-12-15(25)8-9-18(17)31-7/h8-9,12,14,16H,10-11,13H2,1-7H3/t16-/m0/s1. The molecular formula is C24H32ClN3O4S. The molecule has 1 aliphatic rings. The van der Waals surface area contributed by atoms with Crippen molar-refractivity contribution >= 4 is 34.9 Å². The fourth-order valence-electron chi connectivity index (χ4n) is 3.36. The van der Waals surface area contributed by atoms with Crippen LogP contribution in [0, 0.1) is 0 Å². The van der Waals surface area contributed by atoms with Crippen LogP contribution in [0.1, 0.15) is 63.2 Å². The van der Waals surface area contributed by atoms with E-state index in [2.05, 4.69) is 25.8 Å². The van der Waals surface area contributed by atoms with Gasteiger partial charge in [-0.05, 0) is 50.8 Å². The second-order valence-electron chi connectivity index (χ2n) is 10.2. The predicted octanol–water partition coefficient (Wildman–Crippen LogP) is 5.26.